The molecule has 2 aliphatic rings. The predicted octanol–water partition coefficient (Wildman–Crippen LogP) is 1.43. The van der Waals surface area contributed by atoms with Crippen LogP contribution in [-0.4, -0.2) is 48.2 Å². The van der Waals surface area contributed by atoms with Crippen molar-refractivity contribution in [1.82, 2.24) is 0 Å². The van der Waals surface area contributed by atoms with E-state index < -0.39 is 18.2 Å². The van der Waals surface area contributed by atoms with Crippen molar-refractivity contribution in [2.45, 2.75) is 77.0 Å². The summed E-state index contributed by atoms with van der Waals surface area (Å²) in [7, 11) is 0. The molecule has 2 heterocycles. The van der Waals surface area contributed by atoms with E-state index in [-0.39, 0.29) is 18.3 Å². The van der Waals surface area contributed by atoms with Gasteiger partial charge in [0.15, 0.2) is 12.1 Å². The summed E-state index contributed by atoms with van der Waals surface area (Å²) in [5.41, 5.74) is 0. The standard InChI is InChI=1S/C13H24O5/c1-5-6-7-15-10-9(8(2)14)16-12-11(10)17-13(3,4)18-12/h8-12,14H,5-7H2,1-4H3/t8-,9+,10?,11?,12+/m0/s1. The quantitative estimate of drug-likeness (QED) is 0.758. The highest BCUT2D eigenvalue weighted by atomic mass is 16.8. The van der Waals surface area contributed by atoms with Gasteiger partial charge in [-0.15, -0.1) is 0 Å². The molecule has 5 heteroatoms. The van der Waals surface area contributed by atoms with Gasteiger partial charge in [0, 0.05) is 6.61 Å². The van der Waals surface area contributed by atoms with E-state index in [1.807, 2.05) is 13.8 Å². The number of unbranched alkanes of at least 4 members (excludes halogenated alkanes) is 1. The number of aliphatic hydroxyl groups excluding tert-OH is 1. The van der Waals surface area contributed by atoms with Gasteiger partial charge < -0.3 is 24.1 Å². The molecule has 0 radical (unpaired) electrons. The fourth-order valence-corrected chi connectivity index (χ4v) is 2.45. The monoisotopic (exact) mass is 260 g/mol. The van der Waals surface area contributed by atoms with Crippen molar-refractivity contribution in [2.24, 2.45) is 0 Å². The minimum Gasteiger partial charge on any atom is -0.391 e. The zero-order valence-electron chi connectivity index (χ0n) is 11.6. The van der Waals surface area contributed by atoms with Gasteiger partial charge in [0.25, 0.3) is 0 Å². The largest absolute Gasteiger partial charge is 0.391 e. The molecule has 0 saturated carbocycles. The maximum Gasteiger partial charge on any atom is 0.190 e. The normalized spacial score (nSPS) is 39.8. The molecule has 0 aliphatic carbocycles. The van der Waals surface area contributed by atoms with Crippen molar-refractivity contribution in [3.8, 4) is 0 Å². The highest BCUT2D eigenvalue weighted by Crippen LogP contribution is 2.39. The van der Waals surface area contributed by atoms with Crippen LogP contribution in [0.3, 0.4) is 0 Å². The average Bonchev–Trinajstić information content (AvgIpc) is 2.72. The van der Waals surface area contributed by atoms with E-state index in [0.29, 0.717) is 6.61 Å². The Balaban J connectivity index is 2.01. The minimum atomic E-state index is -0.647. The second kappa shape index (κ2) is 5.43. The lowest BCUT2D eigenvalue weighted by Gasteiger charge is -2.27. The highest BCUT2D eigenvalue weighted by molar-refractivity contribution is 4.95. The molecule has 0 aromatic rings. The molecule has 18 heavy (non-hydrogen) atoms. The molecule has 2 saturated heterocycles. The van der Waals surface area contributed by atoms with Crippen LogP contribution >= 0.6 is 0 Å². The van der Waals surface area contributed by atoms with Crippen molar-refractivity contribution in [2.75, 3.05) is 6.61 Å². The van der Waals surface area contributed by atoms with E-state index in [1.54, 1.807) is 6.92 Å². The highest BCUT2D eigenvalue weighted by Gasteiger charge is 2.56. The molecule has 0 amide bonds. The Morgan fingerprint density at radius 1 is 1.33 bits per heavy atom. The van der Waals surface area contributed by atoms with Crippen LogP contribution in [0.1, 0.15) is 40.5 Å². The van der Waals surface area contributed by atoms with Crippen LogP contribution in [0.5, 0.6) is 0 Å². The van der Waals surface area contributed by atoms with Crippen LogP contribution in [-0.2, 0) is 18.9 Å². The maximum atomic E-state index is 9.75. The zero-order valence-corrected chi connectivity index (χ0v) is 11.6. The van der Waals surface area contributed by atoms with Gasteiger partial charge >= 0.3 is 0 Å². The van der Waals surface area contributed by atoms with Gasteiger partial charge in [-0.3, -0.25) is 0 Å². The molecular weight excluding hydrogens is 236 g/mol. The van der Waals surface area contributed by atoms with Crippen molar-refractivity contribution in [3.63, 3.8) is 0 Å². The van der Waals surface area contributed by atoms with Gasteiger partial charge in [-0.05, 0) is 27.2 Å². The number of aliphatic hydroxyl groups is 1. The number of rotatable bonds is 5. The lowest BCUT2D eigenvalue weighted by Crippen LogP contribution is -2.41. The molecule has 5 atom stereocenters. The predicted molar refractivity (Wildman–Crippen MR) is 65.0 cm³/mol. The van der Waals surface area contributed by atoms with Crippen LogP contribution in [0.25, 0.3) is 0 Å². The first-order chi connectivity index (χ1) is 8.44. The number of hydrogen-bond donors (Lipinski definition) is 1. The first-order valence-corrected chi connectivity index (χ1v) is 6.75. The molecule has 1 N–H and O–H groups in total. The van der Waals surface area contributed by atoms with Crippen molar-refractivity contribution < 1.29 is 24.1 Å². The molecule has 0 bridgehead atoms. The number of ether oxygens (including phenoxy) is 4. The van der Waals surface area contributed by atoms with E-state index >= 15 is 0 Å². The number of fused-ring (bicyclic) bond motifs is 1. The van der Waals surface area contributed by atoms with Crippen LogP contribution in [0.15, 0.2) is 0 Å². The third kappa shape index (κ3) is 2.86. The van der Waals surface area contributed by atoms with E-state index in [9.17, 15) is 5.11 Å². The van der Waals surface area contributed by atoms with Gasteiger partial charge in [0.1, 0.15) is 18.3 Å². The fraction of sp³-hybridized carbons (Fsp3) is 1.00. The fourth-order valence-electron chi connectivity index (χ4n) is 2.45. The Hall–Kier alpha value is -0.200. The van der Waals surface area contributed by atoms with E-state index in [0.717, 1.165) is 12.8 Å². The minimum absolute atomic E-state index is 0.253. The van der Waals surface area contributed by atoms with Crippen molar-refractivity contribution in [1.29, 1.82) is 0 Å². The molecule has 2 fully saturated rings. The summed E-state index contributed by atoms with van der Waals surface area (Å²) in [4.78, 5) is 0. The average molecular weight is 260 g/mol. The third-order valence-corrected chi connectivity index (χ3v) is 3.31. The summed E-state index contributed by atoms with van der Waals surface area (Å²) in [6.07, 6.45) is 0.130. The summed E-state index contributed by atoms with van der Waals surface area (Å²) >= 11 is 0. The first-order valence-electron chi connectivity index (χ1n) is 6.75. The third-order valence-electron chi connectivity index (χ3n) is 3.31. The van der Waals surface area contributed by atoms with Gasteiger partial charge in [-0.25, -0.2) is 0 Å². The SMILES string of the molecule is CCCCOC1C2OC(C)(C)O[C@H]2O[C@@H]1[C@H](C)O. The summed E-state index contributed by atoms with van der Waals surface area (Å²) < 4.78 is 23.0. The maximum absolute atomic E-state index is 9.75. The smallest absolute Gasteiger partial charge is 0.190 e. The summed E-state index contributed by atoms with van der Waals surface area (Å²) in [6.45, 7) is 8.18. The first kappa shape index (κ1) is 14.2. The van der Waals surface area contributed by atoms with Gasteiger partial charge in [0.05, 0.1) is 6.10 Å². The Kier molecular flexibility index (Phi) is 4.29. The summed E-state index contributed by atoms with van der Waals surface area (Å²) in [5, 5.41) is 9.75. The molecule has 0 aromatic heterocycles. The summed E-state index contributed by atoms with van der Waals surface area (Å²) in [6, 6.07) is 0. The molecule has 5 nitrogen and oxygen atoms in total. The van der Waals surface area contributed by atoms with Gasteiger partial charge in [-0.1, -0.05) is 13.3 Å². The molecule has 2 unspecified atom stereocenters. The van der Waals surface area contributed by atoms with Gasteiger partial charge in [0.2, 0.25) is 0 Å². The van der Waals surface area contributed by atoms with Crippen molar-refractivity contribution in [3.05, 3.63) is 0 Å². The Morgan fingerprint density at radius 3 is 2.67 bits per heavy atom. The molecule has 2 rings (SSSR count). The van der Waals surface area contributed by atoms with Crippen LogP contribution in [0.4, 0.5) is 0 Å². The Bertz CT molecular complexity index is 279. The molecule has 0 spiro atoms. The van der Waals surface area contributed by atoms with E-state index in [1.165, 1.54) is 0 Å². The Morgan fingerprint density at radius 2 is 2.06 bits per heavy atom. The van der Waals surface area contributed by atoms with Gasteiger partial charge in [-0.2, -0.15) is 0 Å². The lowest BCUT2D eigenvalue weighted by molar-refractivity contribution is -0.228. The molecule has 2 aliphatic heterocycles. The molecule has 0 aromatic carbocycles. The Labute approximate surface area is 108 Å². The lowest BCUT2D eigenvalue weighted by atomic mass is 10.1. The summed E-state index contributed by atoms with van der Waals surface area (Å²) in [5.74, 6) is -0.647. The van der Waals surface area contributed by atoms with Crippen LogP contribution in [0, 0.1) is 0 Å². The second-order valence-corrected chi connectivity index (χ2v) is 5.50. The topological polar surface area (TPSA) is 57.2 Å². The van der Waals surface area contributed by atoms with Crippen LogP contribution < -0.4 is 0 Å². The van der Waals surface area contributed by atoms with Crippen LogP contribution in [0.2, 0.25) is 0 Å². The number of hydrogen-bond acceptors (Lipinski definition) is 5. The van der Waals surface area contributed by atoms with Crippen molar-refractivity contribution >= 4 is 0 Å². The van der Waals surface area contributed by atoms with E-state index in [2.05, 4.69) is 6.92 Å². The molecular formula is C13H24O5. The zero-order chi connectivity index (χ0) is 13.3. The molecule has 106 valence electrons. The van der Waals surface area contributed by atoms with E-state index in [4.69, 9.17) is 18.9 Å². The second-order valence-electron chi connectivity index (χ2n) is 5.50.